The Labute approximate surface area is 283 Å². The summed E-state index contributed by atoms with van der Waals surface area (Å²) in [6.07, 6.45) is 14.1. The van der Waals surface area contributed by atoms with E-state index in [1.54, 1.807) is 0 Å². The molecule has 2 spiro atoms. The molecule has 0 amide bonds. The summed E-state index contributed by atoms with van der Waals surface area (Å²) in [5.41, 5.74) is 1.18. The van der Waals surface area contributed by atoms with Crippen molar-refractivity contribution in [3.8, 4) is 0 Å². The van der Waals surface area contributed by atoms with Crippen molar-refractivity contribution in [1.82, 2.24) is 0 Å². The molecule has 6 rings (SSSR count). The Balaban J connectivity index is 1.01. The summed E-state index contributed by atoms with van der Waals surface area (Å²) >= 11 is 0. The molecule has 47 heavy (non-hydrogen) atoms. The molecule has 0 unspecified atom stereocenters. The molecule has 3 aliphatic rings. The molecule has 3 heterocycles. The maximum Gasteiger partial charge on any atom is 0.261 e. The highest BCUT2D eigenvalue weighted by Crippen LogP contribution is 2.49. The van der Waals surface area contributed by atoms with E-state index in [9.17, 15) is 0 Å². The molecule has 250 valence electrons. The Bertz CT molecular complexity index is 1430. The fourth-order valence-corrected chi connectivity index (χ4v) is 12.2. The third-order valence-electron chi connectivity index (χ3n) is 10.1. The predicted octanol–water partition coefficient (Wildman–Crippen LogP) is 8.09. The average molecular weight is 653 g/mol. The largest absolute Gasteiger partial charge is 0.407 e. The molecule has 2 saturated heterocycles. The lowest BCUT2D eigenvalue weighted by Gasteiger charge is -2.44. The third-order valence-corrected chi connectivity index (χ3v) is 15.1. The molecule has 6 heteroatoms. The molecule has 3 aromatic carbocycles. The molecule has 5 atom stereocenters. The summed E-state index contributed by atoms with van der Waals surface area (Å²) < 4.78 is 33.1. The predicted molar refractivity (Wildman–Crippen MR) is 191 cm³/mol. The lowest BCUT2D eigenvalue weighted by Crippen LogP contribution is -2.66. The normalized spacial score (nSPS) is 28.0. The number of allylic oxidation sites excluding steroid dienone is 1. The van der Waals surface area contributed by atoms with E-state index in [1.165, 1.54) is 15.9 Å². The average Bonchev–Trinajstić information content (AvgIpc) is 3.43. The highest BCUT2D eigenvalue weighted by Gasteiger charge is 2.56. The fraction of sp³-hybridized carbons (Fsp3) is 0.463. The van der Waals surface area contributed by atoms with Crippen molar-refractivity contribution in [3.05, 3.63) is 121 Å². The van der Waals surface area contributed by atoms with Gasteiger partial charge in [0.25, 0.3) is 8.32 Å². The molecule has 3 aromatic rings. The van der Waals surface area contributed by atoms with Crippen molar-refractivity contribution in [2.24, 2.45) is 5.92 Å². The van der Waals surface area contributed by atoms with E-state index in [0.29, 0.717) is 19.8 Å². The van der Waals surface area contributed by atoms with Crippen LogP contribution in [0.2, 0.25) is 5.04 Å². The Kier molecular flexibility index (Phi) is 10.7. The van der Waals surface area contributed by atoms with Crippen LogP contribution in [0.5, 0.6) is 0 Å². The van der Waals surface area contributed by atoms with Gasteiger partial charge in [0.15, 0.2) is 11.6 Å². The van der Waals surface area contributed by atoms with Gasteiger partial charge in [-0.2, -0.15) is 0 Å². The van der Waals surface area contributed by atoms with E-state index in [0.717, 1.165) is 38.5 Å². The van der Waals surface area contributed by atoms with Crippen LogP contribution in [0.3, 0.4) is 0 Å². The first kappa shape index (κ1) is 34.0. The van der Waals surface area contributed by atoms with Gasteiger partial charge < -0.3 is 23.4 Å². The molecule has 0 N–H and O–H groups in total. The van der Waals surface area contributed by atoms with Gasteiger partial charge in [-0.15, -0.1) is 0 Å². The first-order chi connectivity index (χ1) is 22.7. The summed E-state index contributed by atoms with van der Waals surface area (Å²) in [6.45, 7) is 11.1. The van der Waals surface area contributed by atoms with Gasteiger partial charge in [-0.1, -0.05) is 137 Å². The summed E-state index contributed by atoms with van der Waals surface area (Å²) in [5.74, 6) is -1.15. The Hall–Kier alpha value is -2.84. The number of rotatable bonds is 11. The lowest BCUT2D eigenvalue weighted by molar-refractivity contribution is -0.346. The number of benzene rings is 3. The van der Waals surface area contributed by atoms with E-state index in [2.05, 4.69) is 125 Å². The second-order valence-electron chi connectivity index (χ2n) is 14.5. The van der Waals surface area contributed by atoms with Crippen molar-refractivity contribution < 1.29 is 23.4 Å². The quantitative estimate of drug-likeness (QED) is 0.119. The molecular weight excluding hydrogens is 601 g/mol. The first-order valence-corrected chi connectivity index (χ1v) is 19.4. The summed E-state index contributed by atoms with van der Waals surface area (Å²) in [6, 6.07) is 32.1. The Morgan fingerprint density at radius 1 is 0.894 bits per heavy atom. The van der Waals surface area contributed by atoms with Gasteiger partial charge in [0, 0.05) is 25.4 Å². The molecule has 0 bridgehead atoms. The molecular formula is C41H52O5Si. The van der Waals surface area contributed by atoms with Crippen LogP contribution in [0.4, 0.5) is 0 Å². The highest BCUT2D eigenvalue weighted by atomic mass is 28.4. The van der Waals surface area contributed by atoms with Gasteiger partial charge in [-0.3, -0.25) is 0 Å². The monoisotopic (exact) mass is 652 g/mol. The van der Waals surface area contributed by atoms with E-state index in [-0.39, 0.29) is 23.2 Å². The molecule has 0 saturated carbocycles. The fourth-order valence-electron chi connectivity index (χ4n) is 7.59. The molecule has 2 fully saturated rings. The maximum absolute atomic E-state index is 7.07. The number of unbranched alkanes of at least 4 members (excludes halogenated alkanes) is 1. The van der Waals surface area contributed by atoms with Gasteiger partial charge in [0.1, 0.15) is 0 Å². The first-order valence-electron chi connectivity index (χ1n) is 17.5. The smallest absolute Gasteiger partial charge is 0.261 e. The molecule has 3 aliphatic heterocycles. The van der Waals surface area contributed by atoms with Gasteiger partial charge in [0.2, 0.25) is 0 Å². The zero-order valence-electron chi connectivity index (χ0n) is 28.6. The second kappa shape index (κ2) is 14.7. The molecule has 5 nitrogen and oxygen atoms in total. The minimum absolute atomic E-state index is 0.0174. The van der Waals surface area contributed by atoms with Gasteiger partial charge in [0.05, 0.1) is 25.4 Å². The van der Waals surface area contributed by atoms with Gasteiger partial charge in [-0.25, -0.2) is 0 Å². The van der Waals surface area contributed by atoms with Crippen molar-refractivity contribution in [3.63, 3.8) is 0 Å². The summed E-state index contributed by atoms with van der Waals surface area (Å²) in [4.78, 5) is 0. The molecule has 0 aliphatic carbocycles. The minimum Gasteiger partial charge on any atom is -0.407 e. The summed E-state index contributed by atoms with van der Waals surface area (Å²) in [5, 5.41) is 2.63. The Morgan fingerprint density at radius 2 is 1.55 bits per heavy atom. The number of ether oxygens (including phenoxy) is 4. The van der Waals surface area contributed by atoms with Crippen molar-refractivity contribution >= 4 is 18.7 Å². The minimum atomic E-state index is -2.51. The van der Waals surface area contributed by atoms with E-state index in [1.807, 2.05) is 18.2 Å². The lowest BCUT2D eigenvalue weighted by atomic mass is 9.89. The summed E-state index contributed by atoms with van der Waals surface area (Å²) in [7, 11) is -2.51. The van der Waals surface area contributed by atoms with Crippen LogP contribution in [-0.4, -0.2) is 45.3 Å². The Morgan fingerprint density at radius 3 is 2.19 bits per heavy atom. The van der Waals surface area contributed by atoms with Crippen molar-refractivity contribution in [1.29, 1.82) is 0 Å². The SMILES string of the molecule is C[C@H]1C[C@@H](OCc2ccccc2)CO[C@]12CC[C@]1(C=CC[C@@H](/C=C/CCCO[Si](c3ccccc3)(c3ccccc3)C(C)(C)C)O1)O2. The zero-order chi connectivity index (χ0) is 32.8. The van der Waals surface area contributed by atoms with E-state index >= 15 is 0 Å². The number of hydrogen-bond acceptors (Lipinski definition) is 5. The van der Waals surface area contributed by atoms with Crippen molar-refractivity contribution in [2.45, 2.75) is 102 Å². The van der Waals surface area contributed by atoms with Crippen LogP contribution in [0, 0.1) is 5.92 Å². The highest BCUT2D eigenvalue weighted by molar-refractivity contribution is 6.99. The van der Waals surface area contributed by atoms with Gasteiger partial charge in [-0.05, 0) is 52.7 Å². The van der Waals surface area contributed by atoms with Crippen LogP contribution in [0.25, 0.3) is 0 Å². The van der Waals surface area contributed by atoms with Crippen LogP contribution in [0.15, 0.2) is 115 Å². The standard InChI is InChI=1S/C41H52O5Si/c1-33-30-36(42-31-34-18-9-5-10-19-34)32-43-41(33)28-27-40(46-41)26-17-21-35(45-40)20-11-8-16-29-44-47(39(2,3)4,37-22-12-6-13-23-37)38-24-14-7-15-25-38/h5-7,9-15,17-20,22-26,33,35-36H,8,16,21,27-32H2,1-4H3/b20-11+/t33-,35+,36+,40-,41-/m0/s1. The van der Waals surface area contributed by atoms with Crippen LogP contribution < -0.4 is 10.4 Å². The second-order valence-corrected chi connectivity index (χ2v) is 18.8. The van der Waals surface area contributed by atoms with E-state index < -0.39 is 19.9 Å². The van der Waals surface area contributed by atoms with Crippen LogP contribution >= 0.6 is 0 Å². The molecule has 0 aromatic heterocycles. The third kappa shape index (κ3) is 7.59. The zero-order valence-corrected chi connectivity index (χ0v) is 29.6. The van der Waals surface area contributed by atoms with Crippen molar-refractivity contribution in [2.75, 3.05) is 13.2 Å². The van der Waals surface area contributed by atoms with Crippen LogP contribution in [0.1, 0.15) is 71.8 Å². The maximum atomic E-state index is 7.07. The topological polar surface area (TPSA) is 46.2 Å². The van der Waals surface area contributed by atoms with E-state index in [4.69, 9.17) is 23.4 Å². The van der Waals surface area contributed by atoms with Gasteiger partial charge >= 0.3 is 0 Å². The number of hydrogen-bond donors (Lipinski definition) is 0. The molecule has 0 radical (unpaired) electrons. The van der Waals surface area contributed by atoms with Crippen LogP contribution in [-0.2, 0) is 30.0 Å².